The first-order valence-electron chi connectivity index (χ1n) is 8.56. The summed E-state index contributed by atoms with van der Waals surface area (Å²) in [4.78, 5) is 11.4. The highest BCUT2D eigenvalue weighted by Crippen LogP contribution is 2.08. The van der Waals surface area contributed by atoms with Gasteiger partial charge in [0.25, 0.3) is 0 Å². The molecule has 0 aromatic carbocycles. The average Bonchev–Trinajstić information content (AvgIpc) is 2.78. The molecule has 0 fully saturated rings. The molecule has 1 heterocycles. The number of rotatable bonds is 8. The number of nitrogens with one attached hydrogen (secondary N) is 2. The fraction of sp³-hybridized carbons (Fsp3) is 0.765. The van der Waals surface area contributed by atoms with E-state index in [1.54, 1.807) is 0 Å². The normalized spacial score (nSPS) is 12.5. The predicted octanol–water partition coefficient (Wildman–Crippen LogP) is 2.47. The maximum Gasteiger partial charge on any atom is 0.216 e. The van der Waals surface area contributed by atoms with Crippen LogP contribution in [-0.4, -0.2) is 47.6 Å². The van der Waals surface area contributed by atoms with Gasteiger partial charge < -0.3 is 15.1 Å². The first kappa shape index (κ1) is 19.5. The standard InChI is InChI=1S/C17H33N5O/c1-8-18-17(19-9-10-22(12(2)3)13(4)5)20-11-16-21-14(6)15(7)23-16/h12-13H,8-11H2,1-7H3,(H2,18,19,20). The van der Waals surface area contributed by atoms with Gasteiger partial charge in [-0.3, -0.25) is 4.90 Å². The quantitative estimate of drug-likeness (QED) is 0.568. The van der Waals surface area contributed by atoms with E-state index >= 15 is 0 Å². The molecule has 0 unspecified atom stereocenters. The number of nitrogens with zero attached hydrogens (tertiary/aromatic N) is 3. The Bertz CT molecular complexity index is 466. The second kappa shape index (κ2) is 9.55. The third kappa shape index (κ3) is 6.60. The summed E-state index contributed by atoms with van der Waals surface area (Å²) in [5.74, 6) is 2.31. The molecule has 6 nitrogen and oxygen atoms in total. The van der Waals surface area contributed by atoms with Crippen molar-refractivity contribution in [2.24, 2.45) is 4.99 Å². The molecular weight excluding hydrogens is 290 g/mol. The summed E-state index contributed by atoms with van der Waals surface area (Å²) in [6, 6.07) is 1.07. The number of aryl methyl sites for hydroxylation is 2. The van der Waals surface area contributed by atoms with Crippen molar-refractivity contribution in [2.75, 3.05) is 19.6 Å². The van der Waals surface area contributed by atoms with E-state index in [1.165, 1.54) is 0 Å². The van der Waals surface area contributed by atoms with Gasteiger partial charge in [-0.05, 0) is 48.5 Å². The molecule has 0 atom stereocenters. The zero-order valence-electron chi connectivity index (χ0n) is 15.7. The van der Waals surface area contributed by atoms with E-state index < -0.39 is 0 Å². The van der Waals surface area contributed by atoms with E-state index in [0.717, 1.165) is 37.0 Å². The summed E-state index contributed by atoms with van der Waals surface area (Å²) in [7, 11) is 0. The Morgan fingerprint density at radius 2 is 1.83 bits per heavy atom. The minimum atomic E-state index is 0.447. The summed E-state index contributed by atoms with van der Waals surface area (Å²) < 4.78 is 5.57. The largest absolute Gasteiger partial charge is 0.444 e. The van der Waals surface area contributed by atoms with E-state index in [9.17, 15) is 0 Å². The van der Waals surface area contributed by atoms with Crippen molar-refractivity contribution in [3.63, 3.8) is 0 Å². The molecule has 0 bridgehead atoms. The maximum absolute atomic E-state index is 5.57. The second-order valence-corrected chi connectivity index (χ2v) is 6.30. The molecule has 0 saturated carbocycles. The van der Waals surface area contributed by atoms with Gasteiger partial charge in [-0.2, -0.15) is 0 Å². The number of aliphatic imine (C=N–C) groups is 1. The molecular formula is C17H33N5O. The van der Waals surface area contributed by atoms with Gasteiger partial charge in [-0.1, -0.05) is 0 Å². The van der Waals surface area contributed by atoms with E-state index in [0.29, 0.717) is 24.5 Å². The maximum atomic E-state index is 5.57. The molecule has 23 heavy (non-hydrogen) atoms. The molecule has 2 N–H and O–H groups in total. The van der Waals surface area contributed by atoms with Crippen LogP contribution >= 0.6 is 0 Å². The van der Waals surface area contributed by atoms with Crippen LogP contribution in [0.2, 0.25) is 0 Å². The topological polar surface area (TPSA) is 65.7 Å². The average molecular weight is 323 g/mol. The molecule has 1 aromatic heterocycles. The molecule has 6 heteroatoms. The molecule has 0 aliphatic heterocycles. The van der Waals surface area contributed by atoms with Crippen molar-refractivity contribution < 1.29 is 4.42 Å². The zero-order valence-corrected chi connectivity index (χ0v) is 15.7. The summed E-state index contributed by atoms with van der Waals surface area (Å²) in [6.45, 7) is 18.0. The Kier molecular flexibility index (Phi) is 8.09. The van der Waals surface area contributed by atoms with E-state index in [2.05, 4.69) is 60.1 Å². The van der Waals surface area contributed by atoms with Gasteiger partial charge in [0.2, 0.25) is 5.89 Å². The predicted molar refractivity (Wildman–Crippen MR) is 95.8 cm³/mol. The second-order valence-electron chi connectivity index (χ2n) is 6.30. The van der Waals surface area contributed by atoms with Crippen LogP contribution in [0, 0.1) is 13.8 Å². The zero-order chi connectivity index (χ0) is 17.4. The van der Waals surface area contributed by atoms with Crippen molar-refractivity contribution >= 4 is 5.96 Å². The molecule has 132 valence electrons. The summed E-state index contributed by atoms with van der Waals surface area (Å²) in [6.07, 6.45) is 0. The van der Waals surface area contributed by atoms with Gasteiger partial charge in [-0.25, -0.2) is 9.98 Å². The van der Waals surface area contributed by atoms with E-state index in [-0.39, 0.29) is 0 Å². The van der Waals surface area contributed by atoms with Crippen LogP contribution in [0.15, 0.2) is 9.41 Å². The van der Waals surface area contributed by atoms with Gasteiger partial charge in [0.1, 0.15) is 12.3 Å². The highest BCUT2D eigenvalue weighted by atomic mass is 16.4. The molecule has 0 saturated heterocycles. The lowest BCUT2D eigenvalue weighted by Crippen LogP contribution is -2.45. The Balaban J connectivity index is 2.55. The third-order valence-corrected chi connectivity index (χ3v) is 3.78. The highest BCUT2D eigenvalue weighted by molar-refractivity contribution is 5.79. The SMILES string of the molecule is CCNC(=NCc1nc(C)c(C)o1)NCCN(C(C)C)C(C)C. The van der Waals surface area contributed by atoms with Crippen LogP contribution in [0.25, 0.3) is 0 Å². The highest BCUT2D eigenvalue weighted by Gasteiger charge is 2.12. The summed E-state index contributed by atoms with van der Waals surface area (Å²) in [5, 5.41) is 6.64. The van der Waals surface area contributed by atoms with Crippen LogP contribution in [0.1, 0.15) is 52.0 Å². The number of guanidine groups is 1. The first-order chi connectivity index (χ1) is 10.8. The Hall–Kier alpha value is -1.56. The number of oxazole rings is 1. The fourth-order valence-corrected chi connectivity index (χ4v) is 2.51. The van der Waals surface area contributed by atoms with Gasteiger partial charge >= 0.3 is 0 Å². The van der Waals surface area contributed by atoms with Gasteiger partial charge in [0.15, 0.2) is 5.96 Å². The van der Waals surface area contributed by atoms with Gasteiger partial charge in [0.05, 0.1) is 5.69 Å². The van der Waals surface area contributed by atoms with Crippen LogP contribution in [0.3, 0.4) is 0 Å². The van der Waals surface area contributed by atoms with Gasteiger partial charge in [0, 0.05) is 31.7 Å². The van der Waals surface area contributed by atoms with Crippen molar-refractivity contribution in [1.82, 2.24) is 20.5 Å². The van der Waals surface area contributed by atoms with E-state index in [4.69, 9.17) is 4.42 Å². The van der Waals surface area contributed by atoms with Crippen LogP contribution in [0.5, 0.6) is 0 Å². The fourth-order valence-electron chi connectivity index (χ4n) is 2.51. The van der Waals surface area contributed by atoms with Crippen LogP contribution in [0.4, 0.5) is 0 Å². The minimum absolute atomic E-state index is 0.447. The molecule has 1 rings (SSSR count). The molecule has 0 aliphatic carbocycles. The van der Waals surface area contributed by atoms with Crippen molar-refractivity contribution in [3.8, 4) is 0 Å². The number of aromatic nitrogens is 1. The lowest BCUT2D eigenvalue weighted by Gasteiger charge is -2.30. The third-order valence-electron chi connectivity index (χ3n) is 3.78. The van der Waals surface area contributed by atoms with Crippen molar-refractivity contribution in [2.45, 2.75) is 67.1 Å². The van der Waals surface area contributed by atoms with Crippen LogP contribution in [-0.2, 0) is 6.54 Å². The number of hydrogen-bond donors (Lipinski definition) is 2. The summed E-state index contributed by atoms with van der Waals surface area (Å²) in [5.41, 5.74) is 0.928. The lowest BCUT2D eigenvalue weighted by molar-refractivity contribution is 0.178. The molecule has 0 amide bonds. The van der Waals surface area contributed by atoms with Crippen molar-refractivity contribution in [1.29, 1.82) is 0 Å². The van der Waals surface area contributed by atoms with E-state index in [1.807, 2.05) is 13.8 Å². The molecule has 0 spiro atoms. The molecule has 0 radical (unpaired) electrons. The Morgan fingerprint density at radius 1 is 1.17 bits per heavy atom. The minimum Gasteiger partial charge on any atom is -0.444 e. The Morgan fingerprint density at radius 3 is 2.30 bits per heavy atom. The molecule has 0 aliphatic rings. The van der Waals surface area contributed by atoms with Crippen LogP contribution < -0.4 is 10.6 Å². The molecule has 1 aromatic rings. The van der Waals surface area contributed by atoms with Crippen molar-refractivity contribution in [3.05, 3.63) is 17.3 Å². The summed E-state index contributed by atoms with van der Waals surface area (Å²) >= 11 is 0. The number of hydrogen-bond acceptors (Lipinski definition) is 4. The Labute approximate surface area is 140 Å². The lowest BCUT2D eigenvalue weighted by atomic mass is 10.2. The first-order valence-corrected chi connectivity index (χ1v) is 8.56. The monoisotopic (exact) mass is 323 g/mol. The smallest absolute Gasteiger partial charge is 0.216 e. The van der Waals surface area contributed by atoms with Gasteiger partial charge in [-0.15, -0.1) is 0 Å².